The number of aromatic nitrogens is 2. The highest BCUT2D eigenvalue weighted by Crippen LogP contribution is 2.34. The lowest BCUT2D eigenvalue weighted by Gasteiger charge is -2.27. The molecule has 1 aromatic heterocycles. The largest absolute Gasteiger partial charge is 0.504 e. The standard InChI is InChI=1S/C20H28ClN3O4/c1-6-7-12(2)17(10-22-19(26)28-20(3,4)5)27-16-8-13-14(9-15(16)25)23-11-24-18(13)21/h8-9,11-12,17,25H,6-7,10H2,1-5H3,(H,22,26). The second-order valence-electron chi connectivity index (χ2n) is 7.81. The van der Waals surface area contributed by atoms with Gasteiger partial charge in [0.15, 0.2) is 11.5 Å². The van der Waals surface area contributed by atoms with E-state index in [4.69, 9.17) is 21.1 Å². The molecule has 2 atom stereocenters. The molecule has 1 amide bonds. The molecule has 0 aliphatic carbocycles. The Hall–Kier alpha value is -2.28. The van der Waals surface area contributed by atoms with Gasteiger partial charge >= 0.3 is 6.09 Å². The van der Waals surface area contributed by atoms with Gasteiger partial charge in [-0.3, -0.25) is 0 Å². The predicted molar refractivity (Wildman–Crippen MR) is 109 cm³/mol. The average molecular weight is 410 g/mol. The Kier molecular flexibility index (Phi) is 7.29. The molecule has 154 valence electrons. The highest BCUT2D eigenvalue weighted by molar-refractivity contribution is 6.34. The van der Waals surface area contributed by atoms with Crippen molar-refractivity contribution in [2.75, 3.05) is 6.54 Å². The first-order chi connectivity index (χ1) is 13.1. The molecular formula is C20H28ClN3O4. The average Bonchev–Trinajstić information content (AvgIpc) is 2.58. The smallest absolute Gasteiger partial charge is 0.407 e. The zero-order valence-electron chi connectivity index (χ0n) is 17.0. The minimum Gasteiger partial charge on any atom is -0.504 e. The maximum Gasteiger partial charge on any atom is 0.407 e. The molecule has 0 saturated carbocycles. The lowest BCUT2D eigenvalue weighted by Crippen LogP contribution is -2.41. The van der Waals surface area contributed by atoms with E-state index in [9.17, 15) is 9.90 Å². The number of hydrogen-bond donors (Lipinski definition) is 2. The highest BCUT2D eigenvalue weighted by Gasteiger charge is 2.23. The molecule has 8 heteroatoms. The van der Waals surface area contributed by atoms with Gasteiger partial charge in [-0.1, -0.05) is 31.9 Å². The van der Waals surface area contributed by atoms with Gasteiger partial charge in [-0.25, -0.2) is 14.8 Å². The van der Waals surface area contributed by atoms with Crippen molar-refractivity contribution in [1.82, 2.24) is 15.3 Å². The van der Waals surface area contributed by atoms with Gasteiger partial charge in [0.1, 0.15) is 23.2 Å². The molecule has 28 heavy (non-hydrogen) atoms. The number of carbonyl (C=O) groups excluding carboxylic acids is 1. The Bertz CT molecular complexity index is 823. The van der Waals surface area contributed by atoms with Gasteiger partial charge in [-0.05, 0) is 39.2 Å². The van der Waals surface area contributed by atoms with Crippen LogP contribution in [0.1, 0.15) is 47.5 Å². The van der Waals surface area contributed by atoms with Gasteiger partial charge in [-0.15, -0.1) is 0 Å². The monoisotopic (exact) mass is 409 g/mol. The van der Waals surface area contributed by atoms with Crippen LogP contribution in [0, 0.1) is 5.92 Å². The molecular weight excluding hydrogens is 382 g/mol. The fourth-order valence-electron chi connectivity index (χ4n) is 2.80. The topological polar surface area (TPSA) is 93.6 Å². The fraction of sp³-hybridized carbons (Fsp3) is 0.550. The third-order valence-electron chi connectivity index (χ3n) is 4.17. The summed E-state index contributed by atoms with van der Waals surface area (Å²) >= 11 is 6.13. The van der Waals surface area contributed by atoms with Crippen LogP contribution >= 0.6 is 11.6 Å². The van der Waals surface area contributed by atoms with Crippen LogP contribution in [0.2, 0.25) is 5.15 Å². The van der Waals surface area contributed by atoms with E-state index >= 15 is 0 Å². The first-order valence-corrected chi connectivity index (χ1v) is 9.75. The summed E-state index contributed by atoms with van der Waals surface area (Å²) in [6.45, 7) is 9.78. The first-order valence-electron chi connectivity index (χ1n) is 9.37. The molecule has 2 N–H and O–H groups in total. The Morgan fingerprint density at radius 1 is 1.32 bits per heavy atom. The van der Waals surface area contributed by atoms with Gasteiger partial charge in [0.2, 0.25) is 0 Å². The maximum atomic E-state index is 12.0. The SMILES string of the molecule is CCCC(C)C(CNC(=O)OC(C)(C)C)Oc1cc2c(Cl)ncnc2cc1O. The van der Waals surface area contributed by atoms with Gasteiger partial charge in [-0.2, -0.15) is 0 Å². The molecule has 0 bridgehead atoms. The van der Waals surface area contributed by atoms with E-state index in [1.54, 1.807) is 26.8 Å². The fourth-order valence-corrected chi connectivity index (χ4v) is 2.99. The van der Waals surface area contributed by atoms with Crippen molar-refractivity contribution in [1.29, 1.82) is 0 Å². The quantitative estimate of drug-likeness (QED) is 0.644. The zero-order valence-corrected chi connectivity index (χ0v) is 17.7. The van der Waals surface area contributed by atoms with Gasteiger partial charge in [0.25, 0.3) is 0 Å². The summed E-state index contributed by atoms with van der Waals surface area (Å²) in [6, 6.07) is 3.10. The molecule has 2 unspecified atom stereocenters. The summed E-state index contributed by atoms with van der Waals surface area (Å²) < 4.78 is 11.4. The molecule has 0 radical (unpaired) electrons. The number of nitrogens with zero attached hydrogens (tertiary/aromatic N) is 2. The number of aromatic hydroxyl groups is 1. The first kappa shape index (κ1) is 22.0. The number of nitrogens with one attached hydrogen (secondary N) is 1. The van der Waals surface area contributed by atoms with Crippen LogP contribution < -0.4 is 10.1 Å². The number of carbonyl (C=O) groups is 1. The lowest BCUT2D eigenvalue weighted by atomic mass is 9.99. The number of fused-ring (bicyclic) bond motifs is 1. The van der Waals surface area contributed by atoms with Gasteiger partial charge in [0, 0.05) is 11.5 Å². The number of halogens is 1. The number of rotatable bonds is 7. The zero-order chi connectivity index (χ0) is 20.9. The molecule has 2 rings (SSSR count). The van der Waals surface area contributed by atoms with Crippen molar-refractivity contribution in [3.8, 4) is 11.5 Å². The number of amides is 1. The highest BCUT2D eigenvalue weighted by atomic mass is 35.5. The van der Waals surface area contributed by atoms with Crippen molar-refractivity contribution in [3.63, 3.8) is 0 Å². The maximum absolute atomic E-state index is 12.0. The summed E-state index contributed by atoms with van der Waals surface area (Å²) in [5, 5.41) is 14.0. The number of ether oxygens (including phenoxy) is 2. The molecule has 2 aromatic rings. The molecule has 0 saturated heterocycles. The van der Waals surface area contributed by atoms with E-state index in [0.717, 1.165) is 12.8 Å². The van der Waals surface area contributed by atoms with E-state index < -0.39 is 11.7 Å². The van der Waals surface area contributed by atoms with Crippen molar-refractivity contribution in [3.05, 3.63) is 23.6 Å². The Labute approximate surface area is 170 Å². The molecule has 7 nitrogen and oxygen atoms in total. The number of benzene rings is 1. The summed E-state index contributed by atoms with van der Waals surface area (Å²) in [7, 11) is 0. The Morgan fingerprint density at radius 2 is 2.04 bits per heavy atom. The van der Waals surface area contributed by atoms with Crippen LogP contribution in [0.25, 0.3) is 10.9 Å². The van der Waals surface area contributed by atoms with E-state index in [2.05, 4.69) is 22.2 Å². The predicted octanol–water partition coefficient (Wildman–Crippen LogP) is 4.70. The molecule has 1 aromatic carbocycles. The summed E-state index contributed by atoms with van der Waals surface area (Å²) in [4.78, 5) is 20.1. The van der Waals surface area contributed by atoms with Crippen LogP contribution in [0.15, 0.2) is 18.5 Å². The second-order valence-corrected chi connectivity index (χ2v) is 8.16. The number of phenolic OH excluding ortho intramolecular Hbond substituents is 1. The van der Waals surface area contributed by atoms with Crippen LogP contribution in [-0.2, 0) is 4.74 Å². The third kappa shape index (κ3) is 6.12. The van der Waals surface area contributed by atoms with E-state index in [-0.39, 0.29) is 35.2 Å². The minimum absolute atomic E-state index is 0.0479. The van der Waals surface area contributed by atoms with E-state index in [1.165, 1.54) is 12.4 Å². The molecule has 0 spiro atoms. The Balaban J connectivity index is 2.20. The van der Waals surface area contributed by atoms with Crippen molar-refractivity contribution < 1.29 is 19.4 Å². The summed E-state index contributed by atoms with van der Waals surface area (Å²) in [6.07, 6.45) is 2.33. The van der Waals surface area contributed by atoms with Crippen LogP contribution in [0.3, 0.4) is 0 Å². The number of hydrogen-bond acceptors (Lipinski definition) is 6. The molecule has 0 fully saturated rings. The van der Waals surface area contributed by atoms with Gasteiger partial charge < -0.3 is 19.9 Å². The lowest BCUT2D eigenvalue weighted by molar-refractivity contribution is 0.0477. The minimum atomic E-state index is -0.581. The number of phenols is 1. The third-order valence-corrected chi connectivity index (χ3v) is 4.47. The molecule has 0 aliphatic rings. The molecule has 1 heterocycles. The molecule has 0 aliphatic heterocycles. The van der Waals surface area contributed by atoms with Crippen LogP contribution in [0.5, 0.6) is 11.5 Å². The van der Waals surface area contributed by atoms with Crippen molar-refractivity contribution in [2.45, 2.75) is 59.2 Å². The van der Waals surface area contributed by atoms with Crippen molar-refractivity contribution in [2.24, 2.45) is 5.92 Å². The Morgan fingerprint density at radius 3 is 2.68 bits per heavy atom. The summed E-state index contributed by atoms with van der Waals surface area (Å²) in [5.74, 6) is 0.355. The van der Waals surface area contributed by atoms with E-state index in [0.29, 0.717) is 10.9 Å². The normalized spacial score (nSPS) is 13.8. The second kappa shape index (κ2) is 9.28. The van der Waals surface area contributed by atoms with Crippen molar-refractivity contribution >= 4 is 28.6 Å². The number of alkyl carbamates (subject to hydrolysis) is 1. The van der Waals surface area contributed by atoms with E-state index in [1.807, 2.05) is 6.92 Å². The van der Waals surface area contributed by atoms with Gasteiger partial charge in [0.05, 0.1) is 12.1 Å². The summed E-state index contributed by atoms with van der Waals surface area (Å²) in [5.41, 5.74) is -0.0575. The van der Waals surface area contributed by atoms with Crippen LogP contribution in [0.4, 0.5) is 4.79 Å². The van der Waals surface area contributed by atoms with Crippen LogP contribution in [-0.4, -0.2) is 39.4 Å².